The maximum atomic E-state index is 5.45. The SMILES string of the molecule is BrC1CCCOC12OCCO2. The first-order chi connectivity index (χ1) is 5.33. The molecule has 2 aliphatic heterocycles. The van der Waals surface area contributed by atoms with Gasteiger partial charge in [0.05, 0.1) is 24.6 Å². The molecule has 2 rings (SSSR count). The van der Waals surface area contributed by atoms with E-state index < -0.39 is 5.97 Å². The van der Waals surface area contributed by atoms with Crippen LogP contribution in [0.5, 0.6) is 0 Å². The van der Waals surface area contributed by atoms with Gasteiger partial charge in [0.2, 0.25) is 0 Å². The molecule has 0 bridgehead atoms. The molecule has 1 atom stereocenters. The molecule has 64 valence electrons. The molecule has 0 aromatic rings. The summed E-state index contributed by atoms with van der Waals surface area (Å²) in [7, 11) is 0. The predicted octanol–water partition coefficient (Wildman–Crippen LogP) is 1.26. The fourth-order valence-electron chi connectivity index (χ4n) is 1.42. The van der Waals surface area contributed by atoms with E-state index in [-0.39, 0.29) is 4.83 Å². The van der Waals surface area contributed by atoms with Gasteiger partial charge in [-0.3, -0.25) is 0 Å². The molecule has 0 N–H and O–H groups in total. The topological polar surface area (TPSA) is 27.7 Å². The minimum absolute atomic E-state index is 0.186. The van der Waals surface area contributed by atoms with Crippen molar-refractivity contribution in [3.05, 3.63) is 0 Å². The van der Waals surface area contributed by atoms with E-state index in [9.17, 15) is 0 Å². The van der Waals surface area contributed by atoms with Gasteiger partial charge < -0.3 is 14.2 Å². The van der Waals surface area contributed by atoms with Crippen molar-refractivity contribution in [2.45, 2.75) is 23.6 Å². The molecule has 2 saturated heterocycles. The third-order valence-corrected chi connectivity index (χ3v) is 3.00. The molecule has 0 amide bonds. The average Bonchev–Trinajstić information content (AvgIpc) is 2.46. The van der Waals surface area contributed by atoms with Crippen LogP contribution in [-0.4, -0.2) is 30.6 Å². The maximum Gasteiger partial charge on any atom is 0.296 e. The first-order valence-electron chi connectivity index (χ1n) is 3.89. The van der Waals surface area contributed by atoms with Crippen LogP contribution in [0.3, 0.4) is 0 Å². The van der Waals surface area contributed by atoms with Crippen molar-refractivity contribution in [3.63, 3.8) is 0 Å². The van der Waals surface area contributed by atoms with Crippen LogP contribution in [0.15, 0.2) is 0 Å². The first kappa shape index (κ1) is 7.98. The van der Waals surface area contributed by atoms with Crippen molar-refractivity contribution >= 4 is 15.9 Å². The molecular weight excluding hydrogens is 212 g/mol. The van der Waals surface area contributed by atoms with Crippen LogP contribution in [-0.2, 0) is 14.2 Å². The van der Waals surface area contributed by atoms with E-state index in [1.807, 2.05) is 0 Å². The molecule has 2 aliphatic rings. The Hall–Kier alpha value is 0.360. The summed E-state index contributed by atoms with van der Waals surface area (Å²) in [6, 6.07) is 0. The first-order valence-corrected chi connectivity index (χ1v) is 4.81. The van der Waals surface area contributed by atoms with Crippen LogP contribution in [0.2, 0.25) is 0 Å². The highest BCUT2D eigenvalue weighted by Gasteiger charge is 2.46. The second kappa shape index (κ2) is 3.01. The molecule has 2 heterocycles. The molecule has 0 aromatic heterocycles. The molecule has 11 heavy (non-hydrogen) atoms. The van der Waals surface area contributed by atoms with Gasteiger partial charge >= 0.3 is 0 Å². The lowest BCUT2D eigenvalue weighted by Gasteiger charge is -2.35. The molecule has 0 aromatic carbocycles. The Kier molecular flexibility index (Phi) is 2.19. The van der Waals surface area contributed by atoms with Crippen molar-refractivity contribution in [2.24, 2.45) is 0 Å². The number of alkyl halides is 1. The fraction of sp³-hybridized carbons (Fsp3) is 1.00. The monoisotopic (exact) mass is 222 g/mol. The summed E-state index contributed by atoms with van der Waals surface area (Å²) in [4.78, 5) is 0.186. The molecule has 1 spiro atoms. The number of hydrogen-bond donors (Lipinski definition) is 0. The van der Waals surface area contributed by atoms with Crippen LogP contribution in [0.1, 0.15) is 12.8 Å². The van der Waals surface area contributed by atoms with E-state index in [0.717, 1.165) is 19.4 Å². The Bertz CT molecular complexity index is 145. The second-order valence-corrected chi connectivity index (χ2v) is 3.86. The Morgan fingerprint density at radius 2 is 1.73 bits per heavy atom. The van der Waals surface area contributed by atoms with Gasteiger partial charge in [-0.1, -0.05) is 15.9 Å². The zero-order valence-corrected chi connectivity index (χ0v) is 7.80. The molecule has 2 fully saturated rings. The van der Waals surface area contributed by atoms with Gasteiger partial charge in [-0.05, 0) is 12.8 Å². The summed E-state index contributed by atoms with van der Waals surface area (Å²) in [5, 5.41) is 0. The molecule has 0 radical (unpaired) electrons. The third kappa shape index (κ3) is 1.33. The van der Waals surface area contributed by atoms with Crippen LogP contribution in [0.4, 0.5) is 0 Å². The zero-order valence-electron chi connectivity index (χ0n) is 6.22. The molecule has 3 nitrogen and oxygen atoms in total. The standard InChI is InChI=1S/C7H11BrO3/c8-6-2-1-3-9-7(6)10-4-5-11-7/h6H,1-5H2. The lowest BCUT2D eigenvalue weighted by molar-refractivity contribution is -0.340. The predicted molar refractivity (Wildman–Crippen MR) is 42.5 cm³/mol. The summed E-state index contributed by atoms with van der Waals surface area (Å²) in [6.45, 7) is 2.02. The highest BCUT2D eigenvalue weighted by molar-refractivity contribution is 9.09. The quantitative estimate of drug-likeness (QED) is 0.578. The molecular formula is C7H11BrO3. The molecule has 0 saturated carbocycles. The van der Waals surface area contributed by atoms with E-state index in [1.165, 1.54) is 0 Å². The van der Waals surface area contributed by atoms with Gasteiger partial charge in [-0.25, -0.2) is 0 Å². The summed E-state index contributed by atoms with van der Waals surface area (Å²) >= 11 is 3.50. The highest BCUT2D eigenvalue weighted by atomic mass is 79.9. The van der Waals surface area contributed by atoms with Gasteiger partial charge in [0, 0.05) is 0 Å². The minimum atomic E-state index is -0.752. The Labute approximate surface area is 74.1 Å². The molecule has 0 aliphatic carbocycles. The van der Waals surface area contributed by atoms with Crippen molar-refractivity contribution in [1.82, 2.24) is 0 Å². The smallest absolute Gasteiger partial charge is 0.296 e. The number of halogens is 1. The van der Waals surface area contributed by atoms with Crippen molar-refractivity contribution in [1.29, 1.82) is 0 Å². The van der Waals surface area contributed by atoms with E-state index in [1.54, 1.807) is 0 Å². The number of hydrogen-bond acceptors (Lipinski definition) is 3. The lowest BCUT2D eigenvalue weighted by Crippen LogP contribution is -2.46. The van der Waals surface area contributed by atoms with Crippen LogP contribution >= 0.6 is 15.9 Å². The maximum absolute atomic E-state index is 5.45. The highest BCUT2D eigenvalue weighted by Crippen LogP contribution is 2.35. The molecule has 4 heteroatoms. The Morgan fingerprint density at radius 3 is 2.36 bits per heavy atom. The second-order valence-electron chi connectivity index (χ2n) is 2.76. The summed E-state index contributed by atoms with van der Waals surface area (Å²) in [5.41, 5.74) is 0. The van der Waals surface area contributed by atoms with Gasteiger partial charge in [0.15, 0.2) is 0 Å². The van der Waals surface area contributed by atoms with Crippen LogP contribution in [0, 0.1) is 0 Å². The van der Waals surface area contributed by atoms with E-state index in [0.29, 0.717) is 13.2 Å². The lowest BCUT2D eigenvalue weighted by atomic mass is 10.2. The van der Waals surface area contributed by atoms with Crippen molar-refractivity contribution in [2.75, 3.05) is 19.8 Å². The van der Waals surface area contributed by atoms with E-state index in [2.05, 4.69) is 15.9 Å². The van der Waals surface area contributed by atoms with Gasteiger partial charge in [0.1, 0.15) is 0 Å². The summed E-state index contributed by atoms with van der Waals surface area (Å²) < 4.78 is 16.3. The summed E-state index contributed by atoms with van der Waals surface area (Å²) in [6.07, 6.45) is 2.13. The number of ether oxygens (including phenoxy) is 3. The van der Waals surface area contributed by atoms with Crippen molar-refractivity contribution < 1.29 is 14.2 Å². The van der Waals surface area contributed by atoms with Gasteiger partial charge in [-0.15, -0.1) is 0 Å². The average molecular weight is 223 g/mol. The fourth-order valence-corrected chi connectivity index (χ4v) is 2.14. The van der Waals surface area contributed by atoms with E-state index in [4.69, 9.17) is 14.2 Å². The zero-order chi connectivity index (χ0) is 7.73. The molecule has 1 unspecified atom stereocenters. The minimum Gasteiger partial charge on any atom is -0.327 e. The summed E-state index contributed by atoms with van der Waals surface area (Å²) in [5.74, 6) is -0.752. The van der Waals surface area contributed by atoms with Crippen LogP contribution < -0.4 is 0 Å². The largest absolute Gasteiger partial charge is 0.327 e. The normalized spacial score (nSPS) is 36.3. The van der Waals surface area contributed by atoms with E-state index >= 15 is 0 Å². The van der Waals surface area contributed by atoms with Gasteiger partial charge in [0.25, 0.3) is 5.97 Å². The third-order valence-electron chi connectivity index (χ3n) is 1.98. The van der Waals surface area contributed by atoms with Gasteiger partial charge in [-0.2, -0.15) is 0 Å². The Morgan fingerprint density at radius 1 is 1.09 bits per heavy atom. The van der Waals surface area contributed by atoms with Crippen LogP contribution in [0.25, 0.3) is 0 Å². The number of rotatable bonds is 0. The van der Waals surface area contributed by atoms with Crippen molar-refractivity contribution in [3.8, 4) is 0 Å². The Balaban J connectivity index is 2.07.